The van der Waals surface area contributed by atoms with Crippen molar-refractivity contribution in [1.82, 2.24) is 0 Å². The Morgan fingerprint density at radius 1 is 1.33 bits per heavy atom. The number of methoxy groups -OCH3 is 1. The van der Waals surface area contributed by atoms with Crippen LogP contribution in [0.4, 0.5) is 5.69 Å². The molecule has 0 fully saturated rings. The summed E-state index contributed by atoms with van der Waals surface area (Å²) in [5.74, 6) is -0.859. The summed E-state index contributed by atoms with van der Waals surface area (Å²) >= 11 is 3.34. The molecule has 0 saturated heterocycles. The third-order valence-electron chi connectivity index (χ3n) is 2.73. The molecule has 1 aromatic carbocycles. The van der Waals surface area contributed by atoms with Gasteiger partial charge in [0.15, 0.2) is 0 Å². The minimum atomic E-state index is -1.20. The molecule has 0 atom stereocenters. The van der Waals surface area contributed by atoms with Gasteiger partial charge in [0.1, 0.15) is 5.41 Å². The van der Waals surface area contributed by atoms with E-state index in [1.165, 1.54) is 12.0 Å². The molecule has 0 unspecified atom stereocenters. The average Bonchev–Trinajstić information content (AvgIpc) is 2.35. The van der Waals surface area contributed by atoms with E-state index in [1.807, 2.05) is 18.2 Å². The second kappa shape index (κ2) is 5.52. The predicted octanol–water partition coefficient (Wildman–Crippen LogP) is 2.61. The summed E-state index contributed by atoms with van der Waals surface area (Å²) in [5, 5.41) is 0. The number of anilines is 1. The van der Waals surface area contributed by atoms with Gasteiger partial charge in [0.2, 0.25) is 5.91 Å². The van der Waals surface area contributed by atoms with Gasteiger partial charge in [-0.1, -0.05) is 22.0 Å². The lowest BCUT2D eigenvalue weighted by Gasteiger charge is -2.27. The van der Waals surface area contributed by atoms with Crippen molar-refractivity contribution in [3.63, 3.8) is 0 Å². The molecule has 0 radical (unpaired) electrons. The van der Waals surface area contributed by atoms with Crippen LogP contribution in [0.1, 0.15) is 13.8 Å². The van der Waals surface area contributed by atoms with Gasteiger partial charge in [0.25, 0.3) is 0 Å². The Kier molecular flexibility index (Phi) is 4.51. The van der Waals surface area contributed by atoms with E-state index in [0.717, 1.165) is 4.47 Å². The van der Waals surface area contributed by atoms with Crippen LogP contribution in [-0.4, -0.2) is 26.0 Å². The first-order chi connectivity index (χ1) is 8.30. The van der Waals surface area contributed by atoms with Crippen LogP contribution >= 0.6 is 15.9 Å². The maximum Gasteiger partial charge on any atom is 0.320 e. The summed E-state index contributed by atoms with van der Waals surface area (Å²) < 4.78 is 5.52. The van der Waals surface area contributed by atoms with E-state index in [4.69, 9.17) is 0 Å². The predicted molar refractivity (Wildman–Crippen MR) is 73.3 cm³/mol. The van der Waals surface area contributed by atoms with E-state index in [0.29, 0.717) is 5.69 Å². The van der Waals surface area contributed by atoms with E-state index >= 15 is 0 Å². The van der Waals surface area contributed by atoms with E-state index in [1.54, 1.807) is 27.0 Å². The molecule has 0 aliphatic rings. The minimum absolute atomic E-state index is 0.313. The van der Waals surface area contributed by atoms with Gasteiger partial charge < -0.3 is 9.64 Å². The molecule has 0 spiro atoms. The van der Waals surface area contributed by atoms with Crippen LogP contribution in [0, 0.1) is 5.41 Å². The van der Waals surface area contributed by atoms with Gasteiger partial charge in [-0.3, -0.25) is 9.59 Å². The molecule has 1 aromatic rings. The number of benzene rings is 1. The average molecular weight is 314 g/mol. The Morgan fingerprint density at radius 2 is 1.94 bits per heavy atom. The highest BCUT2D eigenvalue weighted by atomic mass is 79.9. The molecule has 0 heterocycles. The van der Waals surface area contributed by atoms with Gasteiger partial charge in [-0.15, -0.1) is 0 Å². The second-order valence-corrected chi connectivity index (χ2v) is 5.38. The number of halogens is 1. The Balaban J connectivity index is 3.01. The molecule has 98 valence electrons. The molecule has 4 nitrogen and oxygen atoms in total. The highest BCUT2D eigenvalue weighted by Gasteiger charge is 2.39. The Morgan fingerprint density at radius 3 is 2.44 bits per heavy atom. The summed E-state index contributed by atoms with van der Waals surface area (Å²) in [6, 6.07) is 7.31. The quantitative estimate of drug-likeness (QED) is 0.636. The van der Waals surface area contributed by atoms with Gasteiger partial charge >= 0.3 is 5.97 Å². The van der Waals surface area contributed by atoms with Crippen LogP contribution < -0.4 is 4.90 Å². The highest BCUT2D eigenvalue weighted by Crippen LogP contribution is 2.25. The highest BCUT2D eigenvalue weighted by molar-refractivity contribution is 9.10. The summed E-state index contributed by atoms with van der Waals surface area (Å²) in [4.78, 5) is 25.3. The number of carbonyl (C=O) groups excluding carboxylic acids is 2. The number of hydrogen-bond acceptors (Lipinski definition) is 3. The van der Waals surface area contributed by atoms with Crippen LogP contribution in [0.2, 0.25) is 0 Å². The molecule has 5 heteroatoms. The van der Waals surface area contributed by atoms with Gasteiger partial charge in [-0.05, 0) is 32.0 Å². The van der Waals surface area contributed by atoms with Crippen molar-refractivity contribution in [2.45, 2.75) is 13.8 Å². The molecule has 0 saturated carbocycles. The van der Waals surface area contributed by atoms with E-state index < -0.39 is 11.4 Å². The monoisotopic (exact) mass is 313 g/mol. The zero-order valence-electron chi connectivity index (χ0n) is 10.9. The Labute approximate surface area is 115 Å². The molecule has 0 aliphatic heterocycles. The number of ether oxygens (including phenoxy) is 1. The molecule has 0 N–H and O–H groups in total. The molecule has 0 aliphatic carbocycles. The molecule has 18 heavy (non-hydrogen) atoms. The number of carbonyl (C=O) groups is 2. The summed E-state index contributed by atoms with van der Waals surface area (Å²) in [5.41, 5.74) is -0.488. The summed E-state index contributed by atoms with van der Waals surface area (Å²) in [6.45, 7) is 3.10. The number of rotatable bonds is 3. The van der Waals surface area contributed by atoms with E-state index in [9.17, 15) is 9.59 Å². The standard InChI is InChI=1S/C13H16BrNO3/c1-13(2,12(17)18-4)11(16)15(3)10-7-5-6-9(14)8-10/h5-8H,1-4H3. The number of hydrogen-bond donors (Lipinski definition) is 0. The fraction of sp³-hybridized carbons (Fsp3) is 0.385. The Bertz CT molecular complexity index is 471. The topological polar surface area (TPSA) is 46.6 Å². The lowest BCUT2D eigenvalue weighted by molar-refractivity contribution is -0.155. The maximum absolute atomic E-state index is 12.3. The SMILES string of the molecule is COC(=O)C(C)(C)C(=O)N(C)c1cccc(Br)c1. The second-order valence-electron chi connectivity index (χ2n) is 4.46. The van der Waals surface area contributed by atoms with Crippen LogP contribution in [0.25, 0.3) is 0 Å². The zero-order valence-corrected chi connectivity index (χ0v) is 12.4. The Hall–Kier alpha value is -1.36. The largest absolute Gasteiger partial charge is 0.468 e. The molecular formula is C13H16BrNO3. The van der Waals surface area contributed by atoms with Gasteiger partial charge in [0.05, 0.1) is 7.11 Å². The van der Waals surface area contributed by atoms with Crippen molar-refractivity contribution in [3.8, 4) is 0 Å². The molecular weight excluding hydrogens is 298 g/mol. The fourth-order valence-corrected chi connectivity index (χ4v) is 1.95. The van der Waals surface area contributed by atoms with Gasteiger partial charge in [-0.25, -0.2) is 0 Å². The molecule has 1 rings (SSSR count). The van der Waals surface area contributed by atoms with Crippen molar-refractivity contribution < 1.29 is 14.3 Å². The van der Waals surface area contributed by atoms with Gasteiger partial charge in [0, 0.05) is 17.2 Å². The first-order valence-electron chi connectivity index (χ1n) is 5.43. The normalized spacial score (nSPS) is 10.9. The van der Waals surface area contributed by atoms with E-state index in [2.05, 4.69) is 20.7 Å². The zero-order chi connectivity index (χ0) is 13.9. The third kappa shape index (κ3) is 2.90. The van der Waals surface area contributed by atoms with Crippen molar-refractivity contribution in [3.05, 3.63) is 28.7 Å². The van der Waals surface area contributed by atoms with E-state index in [-0.39, 0.29) is 5.91 Å². The first-order valence-corrected chi connectivity index (χ1v) is 6.22. The van der Waals surface area contributed by atoms with Crippen molar-refractivity contribution in [2.75, 3.05) is 19.1 Å². The fourth-order valence-electron chi connectivity index (χ4n) is 1.56. The van der Waals surface area contributed by atoms with Crippen LogP contribution in [0.5, 0.6) is 0 Å². The van der Waals surface area contributed by atoms with Crippen molar-refractivity contribution in [2.24, 2.45) is 5.41 Å². The number of esters is 1. The van der Waals surface area contributed by atoms with Crippen LogP contribution in [0.15, 0.2) is 28.7 Å². The maximum atomic E-state index is 12.3. The molecule has 0 aromatic heterocycles. The minimum Gasteiger partial charge on any atom is -0.468 e. The lowest BCUT2D eigenvalue weighted by atomic mass is 9.91. The van der Waals surface area contributed by atoms with Crippen molar-refractivity contribution in [1.29, 1.82) is 0 Å². The smallest absolute Gasteiger partial charge is 0.320 e. The van der Waals surface area contributed by atoms with Crippen molar-refractivity contribution >= 4 is 33.5 Å². The number of nitrogens with zero attached hydrogens (tertiary/aromatic N) is 1. The van der Waals surface area contributed by atoms with Gasteiger partial charge in [-0.2, -0.15) is 0 Å². The summed E-state index contributed by atoms with van der Waals surface area (Å²) in [6.07, 6.45) is 0. The van der Waals surface area contributed by atoms with Crippen LogP contribution in [0.3, 0.4) is 0 Å². The van der Waals surface area contributed by atoms with Crippen LogP contribution in [-0.2, 0) is 14.3 Å². The summed E-state index contributed by atoms with van der Waals surface area (Å²) in [7, 11) is 2.91. The first kappa shape index (κ1) is 14.7. The molecule has 1 amide bonds. The lowest BCUT2D eigenvalue weighted by Crippen LogP contribution is -2.44. The number of amides is 1. The molecule has 0 bridgehead atoms. The third-order valence-corrected chi connectivity index (χ3v) is 3.22.